The van der Waals surface area contributed by atoms with Gasteiger partial charge in [-0.25, -0.2) is 8.42 Å². The topological polar surface area (TPSA) is 104 Å². The van der Waals surface area contributed by atoms with E-state index >= 15 is 0 Å². The standard InChI is InChI=1S/C19H20ClN3O4S/c1-12-9-15(12)19(25)21-11-18(24)22-13-5-4-6-14(10-13)28(26,27)23-17-8-3-2-7-16(17)20/h2-8,10,12,15,23H,9,11H2,1H3,(H,21,25)(H,22,24). The largest absolute Gasteiger partial charge is 0.347 e. The first kappa shape index (κ1) is 20.2. The number of halogens is 1. The Balaban J connectivity index is 1.63. The van der Waals surface area contributed by atoms with Gasteiger partial charge in [0.05, 0.1) is 22.2 Å². The minimum atomic E-state index is -3.88. The zero-order valence-electron chi connectivity index (χ0n) is 15.1. The molecule has 0 radical (unpaired) electrons. The van der Waals surface area contributed by atoms with E-state index in [0.29, 0.717) is 11.6 Å². The van der Waals surface area contributed by atoms with Crippen LogP contribution in [0, 0.1) is 11.8 Å². The Bertz CT molecular complexity index is 1010. The van der Waals surface area contributed by atoms with Gasteiger partial charge in [-0.3, -0.25) is 14.3 Å². The Kier molecular flexibility index (Phi) is 5.90. The molecule has 0 aromatic heterocycles. The van der Waals surface area contributed by atoms with Crippen LogP contribution in [-0.2, 0) is 19.6 Å². The number of sulfonamides is 1. The number of amides is 2. The molecule has 2 unspecified atom stereocenters. The van der Waals surface area contributed by atoms with Crippen LogP contribution >= 0.6 is 11.6 Å². The molecule has 0 heterocycles. The minimum absolute atomic E-state index is 0.0165. The molecule has 0 spiro atoms. The Morgan fingerprint density at radius 3 is 2.54 bits per heavy atom. The lowest BCUT2D eigenvalue weighted by molar-refractivity contribution is -0.125. The fourth-order valence-electron chi connectivity index (χ4n) is 2.68. The normalized spacial score (nSPS) is 18.2. The number of benzene rings is 2. The van der Waals surface area contributed by atoms with Crippen LogP contribution in [0.25, 0.3) is 0 Å². The number of anilines is 2. The highest BCUT2D eigenvalue weighted by molar-refractivity contribution is 7.92. The van der Waals surface area contributed by atoms with Gasteiger partial charge in [0.15, 0.2) is 0 Å². The summed E-state index contributed by atoms with van der Waals surface area (Å²) in [5.74, 6) is -0.231. The summed E-state index contributed by atoms with van der Waals surface area (Å²) >= 11 is 6.00. The molecule has 0 saturated heterocycles. The Morgan fingerprint density at radius 1 is 1.14 bits per heavy atom. The molecule has 148 valence electrons. The second kappa shape index (κ2) is 8.20. The molecule has 3 N–H and O–H groups in total. The Hall–Kier alpha value is -2.58. The second-order valence-electron chi connectivity index (χ2n) is 6.70. The van der Waals surface area contributed by atoms with Crippen LogP contribution in [-0.4, -0.2) is 26.8 Å². The number of hydrogen-bond acceptors (Lipinski definition) is 4. The number of carbonyl (C=O) groups is 2. The molecule has 9 heteroatoms. The maximum absolute atomic E-state index is 12.6. The van der Waals surface area contributed by atoms with Crippen molar-refractivity contribution in [3.05, 3.63) is 53.6 Å². The highest BCUT2D eigenvalue weighted by Crippen LogP contribution is 2.37. The molecule has 1 saturated carbocycles. The molecule has 0 bridgehead atoms. The predicted molar refractivity (Wildman–Crippen MR) is 108 cm³/mol. The van der Waals surface area contributed by atoms with Gasteiger partial charge in [-0.1, -0.05) is 36.7 Å². The van der Waals surface area contributed by atoms with E-state index in [9.17, 15) is 18.0 Å². The number of carbonyl (C=O) groups excluding carboxylic acids is 2. The SMILES string of the molecule is CC1CC1C(=O)NCC(=O)Nc1cccc(S(=O)(=O)Nc2ccccc2Cl)c1. The zero-order chi connectivity index (χ0) is 20.3. The van der Waals surface area contributed by atoms with Crippen LogP contribution < -0.4 is 15.4 Å². The summed E-state index contributed by atoms with van der Waals surface area (Å²) in [5, 5.41) is 5.44. The van der Waals surface area contributed by atoms with E-state index in [0.717, 1.165) is 6.42 Å². The van der Waals surface area contributed by atoms with E-state index in [-0.39, 0.29) is 34.0 Å². The van der Waals surface area contributed by atoms with Gasteiger partial charge in [-0.05, 0) is 42.7 Å². The van der Waals surface area contributed by atoms with E-state index < -0.39 is 15.9 Å². The summed E-state index contributed by atoms with van der Waals surface area (Å²) < 4.78 is 27.6. The number of para-hydroxylation sites is 1. The van der Waals surface area contributed by atoms with Crippen molar-refractivity contribution in [1.29, 1.82) is 0 Å². The molecular weight excluding hydrogens is 402 g/mol. The highest BCUT2D eigenvalue weighted by Gasteiger charge is 2.38. The lowest BCUT2D eigenvalue weighted by atomic mass is 10.3. The highest BCUT2D eigenvalue weighted by atomic mass is 35.5. The fourth-order valence-corrected chi connectivity index (χ4v) is 4.04. The fraction of sp³-hybridized carbons (Fsp3) is 0.263. The summed E-state index contributed by atoms with van der Waals surface area (Å²) in [6.07, 6.45) is 0.839. The summed E-state index contributed by atoms with van der Waals surface area (Å²) in [7, 11) is -3.88. The second-order valence-corrected chi connectivity index (χ2v) is 8.79. The molecule has 2 amide bonds. The molecule has 1 fully saturated rings. The van der Waals surface area contributed by atoms with Crippen molar-refractivity contribution in [3.8, 4) is 0 Å². The van der Waals surface area contributed by atoms with Crippen LogP contribution in [0.1, 0.15) is 13.3 Å². The van der Waals surface area contributed by atoms with Crippen molar-refractivity contribution < 1.29 is 18.0 Å². The number of rotatable bonds is 7. The van der Waals surface area contributed by atoms with Gasteiger partial charge in [0.2, 0.25) is 11.8 Å². The summed E-state index contributed by atoms with van der Waals surface area (Å²) in [6.45, 7) is 1.81. The van der Waals surface area contributed by atoms with Crippen molar-refractivity contribution in [2.75, 3.05) is 16.6 Å². The van der Waals surface area contributed by atoms with E-state index in [2.05, 4.69) is 15.4 Å². The molecule has 0 aliphatic heterocycles. The Labute approximate surface area is 168 Å². The lowest BCUT2D eigenvalue weighted by Crippen LogP contribution is -2.34. The first-order chi connectivity index (χ1) is 13.3. The molecule has 7 nitrogen and oxygen atoms in total. The van der Waals surface area contributed by atoms with Gasteiger partial charge in [0, 0.05) is 11.6 Å². The van der Waals surface area contributed by atoms with Crippen molar-refractivity contribution in [2.45, 2.75) is 18.2 Å². The number of nitrogens with one attached hydrogen (secondary N) is 3. The van der Waals surface area contributed by atoms with Crippen LogP contribution in [0.3, 0.4) is 0 Å². The van der Waals surface area contributed by atoms with Crippen molar-refractivity contribution in [2.24, 2.45) is 11.8 Å². The molecule has 1 aliphatic carbocycles. The van der Waals surface area contributed by atoms with E-state index in [1.54, 1.807) is 30.3 Å². The lowest BCUT2D eigenvalue weighted by Gasteiger charge is -2.11. The first-order valence-electron chi connectivity index (χ1n) is 8.71. The third-order valence-electron chi connectivity index (χ3n) is 4.42. The maximum Gasteiger partial charge on any atom is 0.262 e. The summed E-state index contributed by atoms with van der Waals surface area (Å²) in [4.78, 5) is 23.8. The molecule has 2 atom stereocenters. The molecule has 28 heavy (non-hydrogen) atoms. The van der Waals surface area contributed by atoms with Gasteiger partial charge in [0.1, 0.15) is 0 Å². The van der Waals surface area contributed by atoms with Crippen molar-refractivity contribution >= 4 is 44.8 Å². The van der Waals surface area contributed by atoms with Crippen LogP contribution in [0.5, 0.6) is 0 Å². The molecular formula is C19H20ClN3O4S. The Morgan fingerprint density at radius 2 is 1.86 bits per heavy atom. The van der Waals surface area contributed by atoms with Crippen LogP contribution in [0.15, 0.2) is 53.4 Å². The molecule has 3 rings (SSSR count). The summed E-state index contributed by atoms with van der Waals surface area (Å²) in [6, 6.07) is 12.3. The van der Waals surface area contributed by atoms with E-state index in [1.165, 1.54) is 18.2 Å². The average molecular weight is 422 g/mol. The van der Waals surface area contributed by atoms with Gasteiger partial charge in [-0.15, -0.1) is 0 Å². The van der Waals surface area contributed by atoms with Gasteiger partial charge >= 0.3 is 0 Å². The van der Waals surface area contributed by atoms with E-state index in [4.69, 9.17) is 11.6 Å². The maximum atomic E-state index is 12.6. The van der Waals surface area contributed by atoms with Gasteiger partial charge < -0.3 is 10.6 Å². The monoisotopic (exact) mass is 421 g/mol. The van der Waals surface area contributed by atoms with Gasteiger partial charge in [-0.2, -0.15) is 0 Å². The van der Waals surface area contributed by atoms with Crippen molar-refractivity contribution in [1.82, 2.24) is 5.32 Å². The smallest absolute Gasteiger partial charge is 0.262 e. The third kappa shape index (κ3) is 5.02. The molecule has 1 aliphatic rings. The van der Waals surface area contributed by atoms with Crippen LogP contribution in [0.4, 0.5) is 11.4 Å². The first-order valence-corrected chi connectivity index (χ1v) is 10.6. The predicted octanol–water partition coefficient (Wildman–Crippen LogP) is 2.85. The minimum Gasteiger partial charge on any atom is -0.347 e. The van der Waals surface area contributed by atoms with Crippen molar-refractivity contribution in [3.63, 3.8) is 0 Å². The van der Waals surface area contributed by atoms with Crippen LogP contribution in [0.2, 0.25) is 5.02 Å². The summed E-state index contributed by atoms with van der Waals surface area (Å²) in [5.41, 5.74) is 0.566. The van der Waals surface area contributed by atoms with Gasteiger partial charge in [0.25, 0.3) is 10.0 Å². The average Bonchev–Trinajstić information content (AvgIpc) is 3.38. The van der Waals surface area contributed by atoms with E-state index in [1.807, 2.05) is 6.92 Å². The molecule has 2 aromatic carbocycles. The third-order valence-corrected chi connectivity index (χ3v) is 6.11. The molecule has 2 aromatic rings. The zero-order valence-corrected chi connectivity index (χ0v) is 16.7. The quantitative estimate of drug-likeness (QED) is 0.639. The number of hydrogen-bond donors (Lipinski definition) is 3.